The zero-order chi connectivity index (χ0) is 20.0. The minimum atomic E-state index is -3.78. The van der Waals surface area contributed by atoms with Crippen LogP contribution in [0.25, 0.3) is 0 Å². The average molecular weight is 403 g/mol. The number of ether oxygens (including phenoxy) is 1. The van der Waals surface area contributed by atoms with E-state index >= 15 is 0 Å². The van der Waals surface area contributed by atoms with Gasteiger partial charge in [-0.05, 0) is 36.6 Å². The Morgan fingerprint density at radius 2 is 1.79 bits per heavy atom. The average Bonchev–Trinajstić information content (AvgIpc) is 2.72. The van der Waals surface area contributed by atoms with E-state index in [1.807, 2.05) is 30.3 Å². The van der Waals surface area contributed by atoms with E-state index in [2.05, 4.69) is 10.0 Å². The molecular weight excluding hydrogens is 376 g/mol. The van der Waals surface area contributed by atoms with Gasteiger partial charge in [0.1, 0.15) is 10.6 Å². The third kappa shape index (κ3) is 5.11. The Hall–Kier alpha value is -2.38. The van der Waals surface area contributed by atoms with Gasteiger partial charge in [0, 0.05) is 18.2 Å². The summed E-state index contributed by atoms with van der Waals surface area (Å²) in [4.78, 5) is 12.5. The molecule has 2 aromatic rings. The second kappa shape index (κ2) is 9.21. The third-order valence-corrected chi connectivity index (χ3v) is 6.48. The Kier molecular flexibility index (Phi) is 6.70. The number of sulfonamides is 1. The Morgan fingerprint density at radius 1 is 1.07 bits per heavy atom. The van der Waals surface area contributed by atoms with Crippen LogP contribution in [0, 0.1) is 0 Å². The van der Waals surface area contributed by atoms with Gasteiger partial charge >= 0.3 is 0 Å². The molecule has 28 heavy (non-hydrogen) atoms. The summed E-state index contributed by atoms with van der Waals surface area (Å²) in [5, 5.41) is 2.82. The van der Waals surface area contributed by atoms with Crippen LogP contribution in [0.2, 0.25) is 0 Å². The molecule has 2 aromatic carbocycles. The second-order valence-corrected chi connectivity index (χ2v) is 8.67. The SMILES string of the molecule is COc1ccc(C(=O)NCc2ccccc2)cc1S(=O)(=O)NC1CCCCC1. The lowest BCUT2D eigenvalue weighted by Gasteiger charge is -2.23. The Morgan fingerprint density at radius 3 is 2.46 bits per heavy atom. The van der Waals surface area contributed by atoms with E-state index in [9.17, 15) is 13.2 Å². The van der Waals surface area contributed by atoms with Crippen molar-refractivity contribution in [3.8, 4) is 5.75 Å². The van der Waals surface area contributed by atoms with Gasteiger partial charge in [-0.15, -0.1) is 0 Å². The maximum Gasteiger partial charge on any atom is 0.251 e. The van der Waals surface area contributed by atoms with Crippen molar-refractivity contribution in [2.45, 2.75) is 49.6 Å². The Labute approximate surface area is 166 Å². The molecule has 0 aliphatic heterocycles. The normalized spacial score (nSPS) is 15.2. The van der Waals surface area contributed by atoms with Crippen molar-refractivity contribution in [3.05, 3.63) is 59.7 Å². The molecule has 6 nitrogen and oxygen atoms in total. The molecule has 3 rings (SSSR count). The molecule has 0 atom stereocenters. The van der Waals surface area contributed by atoms with Crippen LogP contribution in [0.5, 0.6) is 5.75 Å². The molecular formula is C21H26N2O4S. The summed E-state index contributed by atoms with van der Waals surface area (Å²) >= 11 is 0. The van der Waals surface area contributed by atoms with Gasteiger partial charge in [-0.2, -0.15) is 0 Å². The molecule has 1 amide bonds. The fourth-order valence-corrected chi connectivity index (χ4v) is 4.91. The van der Waals surface area contributed by atoms with Crippen LogP contribution in [0.1, 0.15) is 48.0 Å². The smallest absolute Gasteiger partial charge is 0.251 e. The van der Waals surface area contributed by atoms with Crippen molar-refractivity contribution in [2.75, 3.05) is 7.11 Å². The monoisotopic (exact) mass is 402 g/mol. The largest absolute Gasteiger partial charge is 0.495 e. The molecule has 1 aliphatic rings. The maximum atomic E-state index is 12.9. The van der Waals surface area contributed by atoms with Crippen LogP contribution >= 0.6 is 0 Å². The highest BCUT2D eigenvalue weighted by molar-refractivity contribution is 7.89. The van der Waals surface area contributed by atoms with Crippen LogP contribution in [-0.4, -0.2) is 27.5 Å². The first-order chi connectivity index (χ1) is 13.5. The molecule has 1 saturated carbocycles. The van der Waals surface area contributed by atoms with Crippen LogP contribution < -0.4 is 14.8 Å². The van der Waals surface area contributed by atoms with Crippen LogP contribution in [0.15, 0.2) is 53.4 Å². The molecule has 0 bridgehead atoms. The summed E-state index contributed by atoms with van der Waals surface area (Å²) in [5.74, 6) is -0.108. The van der Waals surface area contributed by atoms with Gasteiger partial charge in [-0.25, -0.2) is 13.1 Å². The van der Waals surface area contributed by atoms with E-state index in [4.69, 9.17) is 4.74 Å². The molecule has 2 N–H and O–H groups in total. The fraction of sp³-hybridized carbons (Fsp3) is 0.381. The maximum absolute atomic E-state index is 12.9. The van der Waals surface area contributed by atoms with Crippen LogP contribution in [-0.2, 0) is 16.6 Å². The Balaban J connectivity index is 1.77. The molecule has 7 heteroatoms. The van der Waals surface area contributed by atoms with Crippen molar-refractivity contribution < 1.29 is 17.9 Å². The Bertz CT molecular complexity index is 907. The third-order valence-electron chi connectivity index (χ3n) is 4.94. The number of methoxy groups -OCH3 is 1. The number of carbonyl (C=O) groups excluding carboxylic acids is 1. The number of carbonyl (C=O) groups is 1. The first-order valence-electron chi connectivity index (χ1n) is 9.52. The summed E-state index contributed by atoms with van der Waals surface area (Å²) in [5.41, 5.74) is 1.25. The van der Waals surface area contributed by atoms with Gasteiger partial charge in [0.2, 0.25) is 10.0 Å². The first-order valence-corrected chi connectivity index (χ1v) is 11.0. The fourth-order valence-electron chi connectivity index (χ4n) is 3.41. The van der Waals surface area contributed by atoms with Crippen molar-refractivity contribution in [1.29, 1.82) is 0 Å². The van der Waals surface area contributed by atoms with Crippen molar-refractivity contribution in [3.63, 3.8) is 0 Å². The van der Waals surface area contributed by atoms with E-state index in [-0.39, 0.29) is 28.2 Å². The van der Waals surface area contributed by atoms with Gasteiger partial charge in [-0.3, -0.25) is 4.79 Å². The number of hydrogen-bond acceptors (Lipinski definition) is 4. The molecule has 0 heterocycles. The highest BCUT2D eigenvalue weighted by atomic mass is 32.2. The molecule has 0 spiro atoms. The van der Waals surface area contributed by atoms with Crippen molar-refractivity contribution in [1.82, 2.24) is 10.0 Å². The van der Waals surface area contributed by atoms with Gasteiger partial charge in [-0.1, -0.05) is 49.6 Å². The molecule has 150 valence electrons. The molecule has 0 saturated heterocycles. The summed E-state index contributed by atoms with van der Waals surface area (Å²) in [6, 6.07) is 13.9. The summed E-state index contributed by atoms with van der Waals surface area (Å²) < 4.78 is 33.8. The van der Waals surface area contributed by atoms with Gasteiger partial charge in [0.15, 0.2) is 0 Å². The second-order valence-electron chi connectivity index (χ2n) is 6.99. The first kappa shape index (κ1) is 20.4. The lowest BCUT2D eigenvalue weighted by atomic mass is 9.96. The highest BCUT2D eigenvalue weighted by Gasteiger charge is 2.26. The standard InChI is InChI=1S/C21H26N2O4S/c1-27-19-13-12-17(21(24)22-15-16-8-4-2-5-9-16)14-20(19)28(25,26)23-18-10-6-3-7-11-18/h2,4-5,8-9,12-14,18,23H,3,6-7,10-11,15H2,1H3,(H,22,24). The van der Waals surface area contributed by atoms with E-state index in [0.29, 0.717) is 6.54 Å². The lowest BCUT2D eigenvalue weighted by Crippen LogP contribution is -2.36. The van der Waals surface area contributed by atoms with Crippen molar-refractivity contribution in [2.24, 2.45) is 0 Å². The van der Waals surface area contributed by atoms with E-state index in [1.54, 1.807) is 6.07 Å². The lowest BCUT2D eigenvalue weighted by molar-refractivity contribution is 0.0950. The van der Waals surface area contributed by atoms with Crippen LogP contribution in [0.4, 0.5) is 0 Å². The van der Waals surface area contributed by atoms with Crippen LogP contribution in [0.3, 0.4) is 0 Å². The number of amides is 1. The molecule has 0 unspecified atom stereocenters. The zero-order valence-corrected chi connectivity index (χ0v) is 16.8. The minimum Gasteiger partial charge on any atom is -0.495 e. The molecule has 0 aromatic heterocycles. The number of benzene rings is 2. The van der Waals surface area contributed by atoms with Gasteiger partial charge in [0.25, 0.3) is 5.91 Å². The number of nitrogens with one attached hydrogen (secondary N) is 2. The van der Waals surface area contributed by atoms with Gasteiger partial charge < -0.3 is 10.1 Å². The molecule has 0 radical (unpaired) electrons. The number of rotatable bonds is 7. The highest BCUT2D eigenvalue weighted by Crippen LogP contribution is 2.27. The van der Waals surface area contributed by atoms with Gasteiger partial charge in [0.05, 0.1) is 7.11 Å². The number of hydrogen-bond donors (Lipinski definition) is 2. The van der Waals surface area contributed by atoms with E-state index in [1.165, 1.54) is 19.2 Å². The molecule has 1 aliphatic carbocycles. The summed E-state index contributed by atoms with van der Waals surface area (Å²) in [6.07, 6.45) is 4.84. The quantitative estimate of drug-likeness (QED) is 0.745. The topological polar surface area (TPSA) is 84.5 Å². The summed E-state index contributed by atoms with van der Waals surface area (Å²) in [6.45, 7) is 0.369. The predicted molar refractivity (Wildman–Crippen MR) is 108 cm³/mol. The molecule has 1 fully saturated rings. The van der Waals surface area contributed by atoms with E-state index in [0.717, 1.165) is 37.7 Å². The minimum absolute atomic E-state index is 0.00654. The van der Waals surface area contributed by atoms with E-state index < -0.39 is 10.0 Å². The van der Waals surface area contributed by atoms with Crippen molar-refractivity contribution >= 4 is 15.9 Å². The predicted octanol–water partition coefficient (Wildman–Crippen LogP) is 3.24. The zero-order valence-electron chi connectivity index (χ0n) is 16.0. The summed E-state index contributed by atoms with van der Waals surface area (Å²) in [7, 11) is -2.36.